The van der Waals surface area contributed by atoms with Crippen LogP contribution in [0.4, 0.5) is 0 Å². The van der Waals surface area contributed by atoms with Gasteiger partial charge in [0.2, 0.25) is 8.32 Å². The topological polar surface area (TPSA) is 65.0 Å². The third kappa shape index (κ3) is 8.06. The van der Waals surface area contributed by atoms with Crippen molar-refractivity contribution in [2.24, 2.45) is 10.8 Å². The summed E-state index contributed by atoms with van der Waals surface area (Å²) in [6, 6.07) is 10.2. The SMILES string of the molecule is CC(C)[Si](O[C@@H]1C=C([C@@](C)(COCc2ccccc2)[C@H](C)O[Si](C)(C)C(C)(C)C)[C@@](C)(CC(=O)O)C1)(C(C)C)C(C)C. The van der Waals surface area contributed by atoms with Crippen LogP contribution in [0.25, 0.3) is 0 Å². The molecule has 1 aromatic carbocycles. The van der Waals surface area contributed by atoms with Gasteiger partial charge in [-0.2, -0.15) is 0 Å². The smallest absolute Gasteiger partial charge is 0.304 e. The van der Waals surface area contributed by atoms with Crippen LogP contribution in [-0.2, 0) is 25.0 Å². The molecule has 0 aromatic heterocycles. The molecular formula is C35H62O5Si2. The van der Waals surface area contributed by atoms with Crippen LogP contribution in [0.2, 0.25) is 34.8 Å². The van der Waals surface area contributed by atoms with E-state index >= 15 is 0 Å². The summed E-state index contributed by atoms with van der Waals surface area (Å²) in [5, 5.41) is 10.2. The standard InChI is InChI=1S/C35H62O5Si2/c1-25(2)42(26(3)4,27(5)6)40-30-20-31(34(11,21-30)22-32(36)37)35(12,24-38-23-29-18-16-15-17-19-29)28(7)39-41(13,14)33(8,9)10/h15-20,25-28,30H,21-24H2,1-14H3,(H,36,37)/t28-,30+,34+,35-/m0/s1. The van der Waals surface area contributed by atoms with Crippen LogP contribution in [0.1, 0.15) is 101 Å². The van der Waals surface area contributed by atoms with E-state index in [1.165, 1.54) is 0 Å². The van der Waals surface area contributed by atoms with Crippen LogP contribution < -0.4 is 0 Å². The number of rotatable bonds is 15. The second kappa shape index (κ2) is 13.8. The highest BCUT2D eigenvalue weighted by Gasteiger charge is 2.54. The quantitative estimate of drug-likeness (QED) is 0.157. The van der Waals surface area contributed by atoms with Gasteiger partial charge in [0.1, 0.15) is 0 Å². The van der Waals surface area contributed by atoms with E-state index < -0.39 is 33.4 Å². The van der Waals surface area contributed by atoms with Crippen molar-refractivity contribution in [3.8, 4) is 0 Å². The van der Waals surface area contributed by atoms with Crippen molar-refractivity contribution in [2.75, 3.05) is 6.61 Å². The van der Waals surface area contributed by atoms with Gasteiger partial charge in [0, 0.05) is 10.8 Å². The Hall–Kier alpha value is -1.26. The van der Waals surface area contributed by atoms with Crippen molar-refractivity contribution in [1.29, 1.82) is 0 Å². The molecule has 0 aliphatic heterocycles. The van der Waals surface area contributed by atoms with Crippen LogP contribution in [-0.4, -0.2) is 46.5 Å². The molecule has 7 heteroatoms. The lowest BCUT2D eigenvalue weighted by Gasteiger charge is -2.47. The molecule has 0 saturated heterocycles. The largest absolute Gasteiger partial charge is 0.481 e. The van der Waals surface area contributed by atoms with Crippen molar-refractivity contribution in [3.63, 3.8) is 0 Å². The number of aliphatic carboxylic acids is 1. The summed E-state index contributed by atoms with van der Waals surface area (Å²) < 4.78 is 20.8. The minimum Gasteiger partial charge on any atom is -0.481 e. The molecule has 4 atom stereocenters. The maximum absolute atomic E-state index is 12.4. The van der Waals surface area contributed by atoms with E-state index in [2.05, 4.69) is 114 Å². The van der Waals surface area contributed by atoms with E-state index in [0.717, 1.165) is 11.1 Å². The molecule has 1 N–H and O–H groups in total. The average Bonchev–Trinajstić information content (AvgIpc) is 3.16. The molecule has 2 rings (SSSR count). The lowest BCUT2D eigenvalue weighted by Crippen LogP contribution is -2.50. The van der Waals surface area contributed by atoms with E-state index in [4.69, 9.17) is 13.6 Å². The normalized spacial score (nSPS) is 22.5. The molecule has 0 unspecified atom stereocenters. The third-order valence-corrected chi connectivity index (χ3v) is 21.2. The number of benzene rings is 1. The van der Waals surface area contributed by atoms with Gasteiger partial charge in [0.25, 0.3) is 0 Å². The van der Waals surface area contributed by atoms with Gasteiger partial charge >= 0.3 is 5.97 Å². The first-order chi connectivity index (χ1) is 19.1. The lowest BCUT2D eigenvalue weighted by atomic mass is 9.66. The molecule has 0 fully saturated rings. The molecule has 5 nitrogen and oxygen atoms in total. The Morgan fingerprint density at radius 1 is 0.976 bits per heavy atom. The van der Waals surface area contributed by atoms with E-state index in [1.54, 1.807) is 0 Å². The molecule has 42 heavy (non-hydrogen) atoms. The van der Waals surface area contributed by atoms with Crippen molar-refractivity contribution in [2.45, 2.75) is 149 Å². The number of hydrogen-bond donors (Lipinski definition) is 1. The van der Waals surface area contributed by atoms with Gasteiger partial charge in [-0.05, 0) is 53.7 Å². The van der Waals surface area contributed by atoms with Crippen LogP contribution in [0, 0.1) is 10.8 Å². The molecule has 0 spiro atoms. The molecule has 1 aliphatic rings. The maximum Gasteiger partial charge on any atom is 0.304 e. The predicted octanol–water partition coefficient (Wildman–Crippen LogP) is 9.99. The van der Waals surface area contributed by atoms with Crippen LogP contribution in [0.5, 0.6) is 0 Å². The minimum absolute atomic E-state index is 0.0458. The van der Waals surface area contributed by atoms with Crippen LogP contribution in [0.3, 0.4) is 0 Å². The summed E-state index contributed by atoms with van der Waals surface area (Å²) >= 11 is 0. The summed E-state index contributed by atoms with van der Waals surface area (Å²) in [4.78, 5) is 12.4. The van der Waals surface area contributed by atoms with E-state index in [0.29, 0.717) is 36.3 Å². The fourth-order valence-corrected chi connectivity index (χ4v) is 14.2. The number of carbonyl (C=O) groups is 1. The Morgan fingerprint density at radius 2 is 1.50 bits per heavy atom. The molecule has 0 saturated carbocycles. The highest BCUT2D eigenvalue weighted by Crippen LogP contribution is 2.55. The van der Waals surface area contributed by atoms with Crippen LogP contribution in [0.15, 0.2) is 42.0 Å². The maximum atomic E-state index is 12.4. The van der Waals surface area contributed by atoms with Gasteiger partial charge in [-0.1, -0.05) is 118 Å². The Morgan fingerprint density at radius 3 is 1.95 bits per heavy atom. The fourth-order valence-electron chi connectivity index (χ4n) is 7.25. The fraction of sp³-hybridized carbons (Fsp3) is 0.743. The highest BCUT2D eigenvalue weighted by molar-refractivity contribution is 6.77. The molecular weight excluding hydrogens is 557 g/mol. The Balaban J connectivity index is 2.63. The van der Waals surface area contributed by atoms with Crippen LogP contribution >= 0.6 is 0 Å². The Kier molecular flexibility index (Phi) is 12.1. The van der Waals surface area contributed by atoms with Gasteiger partial charge < -0.3 is 18.7 Å². The molecule has 240 valence electrons. The van der Waals surface area contributed by atoms with Gasteiger partial charge in [-0.3, -0.25) is 4.79 Å². The molecule has 1 aliphatic carbocycles. The minimum atomic E-state index is -2.19. The monoisotopic (exact) mass is 618 g/mol. The molecule has 0 bridgehead atoms. The zero-order chi connectivity index (χ0) is 32.3. The van der Waals surface area contributed by atoms with Crippen molar-refractivity contribution in [1.82, 2.24) is 0 Å². The average molecular weight is 619 g/mol. The molecule has 0 heterocycles. The van der Waals surface area contributed by atoms with Crippen molar-refractivity contribution < 1.29 is 23.5 Å². The zero-order valence-corrected chi connectivity index (χ0v) is 31.3. The Bertz CT molecular complexity index is 1040. The highest BCUT2D eigenvalue weighted by atomic mass is 28.4. The van der Waals surface area contributed by atoms with Crippen molar-refractivity contribution in [3.05, 3.63) is 47.5 Å². The van der Waals surface area contributed by atoms with Gasteiger partial charge in [0.05, 0.1) is 31.8 Å². The number of hydrogen-bond acceptors (Lipinski definition) is 4. The molecule has 1 aromatic rings. The third-order valence-electron chi connectivity index (χ3n) is 10.6. The summed E-state index contributed by atoms with van der Waals surface area (Å²) in [6.07, 6.45) is 2.71. The molecule has 0 amide bonds. The number of carboxylic acid groups (broad SMARTS) is 1. The Labute approximate surface area is 260 Å². The summed E-state index contributed by atoms with van der Waals surface area (Å²) in [7, 11) is -4.32. The van der Waals surface area contributed by atoms with E-state index in [-0.39, 0.29) is 23.7 Å². The number of carboxylic acids is 1. The van der Waals surface area contributed by atoms with E-state index in [9.17, 15) is 9.90 Å². The second-order valence-corrected chi connectivity index (χ2v) is 26.0. The van der Waals surface area contributed by atoms with Gasteiger partial charge in [-0.15, -0.1) is 0 Å². The first kappa shape index (κ1) is 36.9. The number of ether oxygens (including phenoxy) is 1. The first-order valence-electron chi connectivity index (χ1n) is 16.0. The summed E-state index contributed by atoms with van der Waals surface area (Å²) in [5.41, 5.74) is 2.46. The van der Waals surface area contributed by atoms with Gasteiger partial charge in [-0.25, -0.2) is 0 Å². The zero-order valence-electron chi connectivity index (χ0n) is 29.3. The molecule has 0 radical (unpaired) electrons. The lowest BCUT2D eigenvalue weighted by molar-refractivity contribution is -0.139. The van der Waals surface area contributed by atoms with E-state index in [1.807, 2.05) is 18.2 Å². The first-order valence-corrected chi connectivity index (χ1v) is 21.1. The summed E-state index contributed by atoms with van der Waals surface area (Å²) in [6.45, 7) is 32.6. The predicted molar refractivity (Wildman–Crippen MR) is 181 cm³/mol. The van der Waals surface area contributed by atoms with Crippen molar-refractivity contribution >= 4 is 22.6 Å². The van der Waals surface area contributed by atoms with Gasteiger partial charge in [0.15, 0.2) is 8.32 Å². The second-order valence-electron chi connectivity index (χ2n) is 15.8. The summed E-state index contributed by atoms with van der Waals surface area (Å²) in [5.74, 6) is -0.783.